The predicted molar refractivity (Wildman–Crippen MR) is 73.2 cm³/mol. The van der Waals surface area contributed by atoms with Gasteiger partial charge in [0.15, 0.2) is 5.78 Å². The highest BCUT2D eigenvalue weighted by atomic mass is 19.4. The Morgan fingerprint density at radius 1 is 1.14 bits per heavy atom. The minimum Gasteiger partial charge on any atom is -0.370 e. The van der Waals surface area contributed by atoms with Crippen LogP contribution in [0.4, 0.5) is 13.2 Å². The molecule has 0 amide bonds. The van der Waals surface area contributed by atoms with Gasteiger partial charge in [-0.15, -0.1) is 0 Å². The second-order valence-corrected chi connectivity index (χ2v) is 5.52. The van der Waals surface area contributed by atoms with Crippen LogP contribution < -0.4 is 0 Å². The van der Waals surface area contributed by atoms with Crippen molar-refractivity contribution in [3.05, 3.63) is 35.4 Å². The molecular formula is C16H19F3O2. The van der Waals surface area contributed by atoms with Gasteiger partial charge in [-0.1, -0.05) is 37.8 Å². The lowest BCUT2D eigenvalue weighted by molar-refractivity contribution is -0.137. The number of rotatable bonds is 3. The lowest BCUT2D eigenvalue weighted by atomic mass is 9.85. The fraction of sp³-hybridized carbons (Fsp3) is 0.562. The topological polar surface area (TPSA) is 26.3 Å². The number of carbonyl (C=O) groups is 1. The van der Waals surface area contributed by atoms with Crippen molar-refractivity contribution in [2.24, 2.45) is 0 Å². The summed E-state index contributed by atoms with van der Waals surface area (Å²) >= 11 is 0. The Bertz CT molecular complexity index is 500. The van der Waals surface area contributed by atoms with E-state index in [0.29, 0.717) is 12.8 Å². The summed E-state index contributed by atoms with van der Waals surface area (Å²) < 4.78 is 43.8. The van der Waals surface area contributed by atoms with E-state index in [2.05, 4.69) is 0 Å². The zero-order valence-electron chi connectivity index (χ0n) is 12.0. The summed E-state index contributed by atoms with van der Waals surface area (Å²) in [5, 5.41) is 0. The van der Waals surface area contributed by atoms with Gasteiger partial charge in [-0.25, -0.2) is 0 Å². The molecule has 1 fully saturated rings. The van der Waals surface area contributed by atoms with Gasteiger partial charge < -0.3 is 4.74 Å². The molecule has 0 N–H and O–H groups in total. The van der Waals surface area contributed by atoms with Crippen molar-refractivity contribution < 1.29 is 22.7 Å². The van der Waals surface area contributed by atoms with E-state index in [0.717, 1.165) is 37.8 Å². The lowest BCUT2D eigenvalue weighted by Gasteiger charge is -2.30. The molecule has 0 bridgehead atoms. The molecule has 0 radical (unpaired) electrons. The number of hydrogen-bond donors (Lipinski definition) is 0. The molecule has 0 heterocycles. The van der Waals surface area contributed by atoms with E-state index in [1.165, 1.54) is 19.2 Å². The third kappa shape index (κ3) is 3.46. The zero-order chi connectivity index (χ0) is 15.5. The van der Waals surface area contributed by atoms with Crippen molar-refractivity contribution >= 4 is 5.78 Å². The fourth-order valence-corrected chi connectivity index (χ4v) is 2.92. The Morgan fingerprint density at radius 3 is 2.29 bits per heavy atom. The highest BCUT2D eigenvalue weighted by molar-refractivity contribution is 6.02. The van der Waals surface area contributed by atoms with E-state index >= 15 is 0 Å². The molecule has 5 heteroatoms. The summed E-state index contributed by atoms with van der Waals surface area (Å²) in [6, 6.07) is 4.61. The van der Waals surface area contributed by atoms with Crippen LogP contribution in [0.5, 0.6) is 0 Å². The summed E-state index contributed by atoms with van der Waals surface area (Å²) in [6.45, 7) is 0. The molecule has 21 heavy (non-hydrogen) atoms. The van der Waals surface area contributed by atoms with Crippen LogP contribution in [0.2, 0.25) is 0 Å². The van der Waals surface area contributed by atoms with E-state index in [1.807, 2.05) is 0 Å². The van der Waals surface area contributed by atoms with Crippen LogP contribution in [0.25, 0.3) is 0 Å². The van der Waals surface area contributed by atoms with E-state index in [9.17, 15) is 18.0 Å². The molecule has 0 aromatic heterocycles. The van der Waals surface area contributed by atoms with Crippen LogP contribution in [-0.4, -0.2) is 18.5 Å². The number of hydrogen-bond acceptors (Lipinski definition) is 2. The maximum absolute atomic E-state index is 12.8. The quantitative estimate of drug-likeness (QED) is 0.601. The van der Waals surface area contributed by atoms with Gasteiger partial charge in [0.25, 0.3) is 0 Å². The van der Waals surface area contributed by atoms with Gasteiger partial charge in [-0.05, 0) is 25.0 Å². The van der Waals surface area contributed by atoms with Crippen molar-refractivity contribution in [1.82, 2.24) is 0 Å². The maximum Gasteiger partial charge on any atom is 0.416 e. The van der Waals surface area contributed by atoms with Crippen molar-refractivity contribution in [1.29, 1.82) is 0 Å². The Morgan fingerprint density at radius 2 is 1.76 bits per heavy atom. The number of ketones is 1. The average Bonchev–Trinajstić information content (AvgIpc) is 2.72. The average molecular weight is 300 g/mol. The highest BCUT2D eigenvalue weighted by Gasteiger charge is 2.40. The molecule has 1 aliphatic carbocycles. The second kappa shape index (κ2) is 6.18. The first-order valence-electron chi connectivity index (χ1n) is 7.16. The summed E-state index contributed by atoms with van der Waals surface area (Å²) in [6.07, 6.45) is 0.468. The van der Waals surface area contributed by atoms with Crippen LogP contribution in [0.3, 0.4) is 0 Å². The van der Waals surface area contributed by atoms with Crippen LogP contribution in [0.15, 0.2) is 24.3 Å². The first-order chi connectivity index (χ1) is 9.89. The van der Waals surface area contributed by atoms with Crippen molar-refractivity contribution in [2.45, 2.75) is 50.3 Å². The maximum atomic E-state index is 12.8. The lowest BCUT2D eigenvalue weighted by Crippen LogP contribution is -2.40. The Balaban J connectivity index is 2.33. The first-order valence-corrected chi connectivity index (χ1v) is 7.16. The molecule has 2 nitrogen and oxygen atoms in total. The second-order valence-electron chi connectivity index (χ2n) is 5.52. The SMILES string of the molecule is COC1(C(=O)c2cccc(C(F)(F)F)c2)CCCCCC1. The molecule has 0 atom stereocenters. The Kier molecular flexibility index (Phi) is 4.71. The number of methoxy groups -OCH3 is 1. The molecule has 116 valence electrons. The van der Waals surface area contributed by atoms with Gasteiger partial charge in [-0.2, -0.15) is 13.2 Å². The number of carbonyl (C=O) groups excluding carboxylic acids is 1. The van der Waals surface area contributed by atoms with Gasteiger partial charge in [0, 0.05) is 12.7 Å². The van der Waals surface area contributed by atoms with Crippen molar-refractivity contribution in [2.75, 3.05) is 7.11 Å². The molecule has 0 unspecified atom stereocenters. The van der Waals surface area contributed by atoms with E-state index in [4.69, 9.17) is 4.74 Å². The normalized spacial score (nSPS) is 19.0. The molecule has 1 aliphatic rings. The molecule has 0 saturated heterocycles. The predicted octanol–water partition coefficient (Wildman–Crippen LogP) is 4.63. The van der Waals surface area contributed by atoms with E-state index in [1.54, 1.807) is 0 Å². The largest absolute Gasteiger partial charge is 0.416 e. The fourth-order valence-electron chi connectivity index (χ4n) is 2.92. The summed E-state index contributed by atoms with van der Waals surface area (Å²) in [4.78, 5) is 12.7. The Labute approximate surface area is 122 Å². The third-order valence-corrected chi connectivity index (χ3v) is 4.17. The first kappa shape index (κ1) is 16.0. The van der Waals surface area contributed by atoms with Crippen LogP contribution in [0.1, 0.15) is 54.4 Å². The van der Waals surface area contributed by atoms with Crippen molar-refractivity contribution in [3.63, 3.8) is 0 Å². The van der Waals surface area contributed by atoms with E-state index < -0.39 is 17.3 Å². The number of ether oxygens (including phenoxy) is 1. The van der Waals surface area contributed by atoms with Gasteiger partial charge in [0.2, 0.25) is 0 Å². The highest BCUT2D eigenvalue weighted by Crippen LogP contribution is 2.35. The van der Waals surface area contributed by atoms with Crippen LogP contribution >= 0.6 is 0 Å². The molecule has 2 rings (SSSR count). The molecule has 1 aromatic rings. The molecular weight excluding hydrogens is 281 g/mol. The molecule has 1 saturated carbocycles. The molecule has 0 spiro atoms. The summed E-state index contributed by atoms with van der Waals surface area (Å²) in [5.74, 6) is -0.335. The number of halogens is 3. The number of Topliss-reactive ketones (excluding diaryl/α,β-unsaturated/α-hetero) is 1. The standard InChI is InChI=1S/C16H19F3O2/c1-21-15(9-4-2-3-5-10-15)14(20)12-7-6-8-13(11-12)16(17,18)19/h6-8,11H,2-5,9-10H2,1H3. The van der Waals surface area contributed by atoms with Gasteiger partial charge >= 0.3 is 6.18 Å². The smallest absolute Gasteiger partial charge is 0.370 e. The van der Waals surface area contributed by atoms with Gasteiger partial charge in [0.1, 0.15) is 5.60 Å². The van der Waals surface area contributed by atoms with Crippen LogP contribution in [0, 0.1) is 0 Å². The number of alkyl halides is 3. The Hall–Kier alpha value is -1.36. The van der Waals surface area contributed by atoms with E-state index in [-0.39, 0.29) is 11.3 Å². The van der Waals surface area contributed by atoms with Gasteiger partial charge in [-0.3, -0.25) is 4.79 Å². The summed E-state index contributed by atoms with van der Waals surface area (Å²) in [5.41, 5.74) is -1.69. The zero-order valence-corrected chi connectivity index (χ0v) is 12.0. The van der Waals surface area contributed by atoms with Gasteiger partial charge in [0.05, 0.1) is 5.56 Å². The molecule has 0 aliphatic heterocycles. The third-order valence-electron chi connectivity index (χ3n) is 4.17. The van der Waals surface area contributed by atoms with Crippen molar-refractivity contribution in [3.8, 4) is 0 Å². The minimum absolute atomic E-state index is 0.0774. The molecule has 1 aromatic carbocycles. The monoisotopic (exact) mass is 300 g/mol. The number of benzene rings is 1. The summed E-state index contributed by atoms with van der Waals surface area (Å²) in [7, 11) is 1.47. The van der Waals surface area contributed by atoms with Crippen LogP contribution in [-0.2, 0) is 10.9 Å². The minimum atomic E-state index is -4.44.